The average Bonchev–Trinajstić information content (AvgIpc) is 3.17. The summed E-state index contributed by atoms with van der Waals surface area (Å²) >= 11 is 0. The molecule has 6 heteroatoms. The highest BCUT2D eigenvalue weighted by Gasteiger charge is 2.12. The molecule has 0 saturated heterocycles. The Balaban J connectivity index is 1.44. The van der Waals surface area contributed by atoms with Crippen LogP contribution in [0.2, 0.25) is 0 Å². The van der Waals surface area contributed by atoms with Crippen molar-refractivity contribution in [3.63, 3.8) is 0 Å². The first-order valence-corrected chi connectivity index (χ1v) is 10.5. The molecule has 0 aliphatic rings. The van der Waals surface area contributed by atoms with Crippen molar-refractivity contribution < 1.29 is 9.50 Å². The zero-order valence-electron chi connectivity index (χ0n) is 17.8. The molecule has 4 rings (SSSR count). The molecule has 0 bridgehead atoms. The van der Waals surface area contributed by atoms with Gasteiger partial charge in [0, 0.05) is 42.4 Å². The Morgan fingerprint density at radius 3 is 2.59 bits per heavy atom. The summed E-state index contributed by atoms with van der Waals surface area (Å²) in [7, 11) is 0. The van der Waals surface area contributed by atoms with E-state index in [1.807, 2.05) is 42.6 Å². The lowest BCUT2D eigenvalue weighted by Gasteiger charge is -2.21. The number of aromatic amines is 1. The lowest BCUT2D eigenvalue weighted by atomic mass is 10.1. The second-order valence-electron chi connectivity index (χ2n) is 7.83. The summed E-state index contributed by atoms with van der Waals surface area (Å²) in [6.07, 6.45) is 1.91. The monoisotopic (exact) mass is 430 g/mol. The van der Waals surface area contributed by atoms with Crippen LogP contribution in [0.15, 0.2) is 79.5 Å². The van der Waals surface area contributed by atoms with E-state index < -0.39 is 0 Å². The summed E-state index contributed by atoms with van der Waals surface area (Å²) in [4.78, 5) is 5.33. The summed E-state index contributed by atoms with van der Waals surface area (Å²) in [6, 6.07) is 20.4. The van der Waals surface area contributed by atoms with Crippen LogP contribution in [0, 0.1) is 5.82 Å². The van der Waals surface area contributed by atoms with Crippen LogP contribution in [0.25, 0.3) is 16.6 Å². The molecule has 5 nitrogen and oxygen atoms in total. The number of para-hydroxylation sites is 2. The minimum Gasteiger partial charge on any atom is -0.397 e. The zero-order valence-corrected chi connectivity index (χ0v) is 17.8. The van der Waals surface area contributed by atoms with Gasteiger partial charge in [0.2, 0.25) is 0 Å². The van der Waals surface area contributed by atoms with Gasteiger partial charge in [-0.1, -0.05) is 43.0 Å². The average molecular weight is 431 g/mol. The lowest BCUT2D eigenvalue weighted by molar-refractivity contribution is 0.185. The van der Waals surface area contributed by atoms with Crippen molar-refractivity contribution in [1.82, 2.24) is 9.88 Å². The standard InChI is InChI=1S/C26H27FN4O/c1-18(30-26-5-3-2-4-24(26)28)20-8-6-19(7-9-20)16-31(12-13-32)17-21-15-29-25-11-10-22(27)14-23(21)25/h2-11,14-15,29-30,32H,1,12-13,16-17,28H2. The Bertz CT molecular complexity index is 1220. The quantitative estimate of drug-likeness (QED) is 0.283. The van der Waals surface area contributed by atoms with Crippen LogP contribution in [-0.2, 0) is 13.1 Å². The van der Waals surface area contributed by atoms with E-state index in [1.54, 1.807) is 12.1 Å². The third kappa shape index (κ3) is 4.99. The van der Waals surface area contributed by atoms with Crippen molar-refractivity contribution in [1.29, 1.82) is 0 Å². The van der Waals surface area contributed by atoms with Crippen LogP contribution in [0.3, 0.4) is 0 Å². The number of H-pyrrole nitrogens is 1. The molecule has 32 heavy (non-hydrogen) atoms. The number of hydrogen-bond donors (Lipinski definition) is 4. The Morgan fingerprint density at radius 1 is 1.06 bits per heavy atom. The van der Waals surface area contributed by atoms with Crippen molar-refractivity contribution in [2.45, 2.75) is 13.1 Å². The molecule has 0 saturated carbocycles. The number of nitrogens with one attached hydrogen (secondary N) is 2. The predicted octanol–water partition coefficient (Wildman–Crippen LogP) is 4.97. The van der Waals surface area contributed by atoms with E-state index in [2.05, 4.69) is 33.9 Å². The Hall–Kier alpha value is -3.61. The van der Waals surface area contributed by atoms with Gasteiger partial charge >= 0.3 is 0 Å². The first-order valence-electron chi connectivity index (χ1n) is 10.5. The Kier molecular flexibility index (Phi) is 6.54. The molecule has 164 valence electrons. The number of nitrogen functional groups attached to an aromatic ring is 1. The Morgan fingerprint density at radius 2 is 1.84 bits per heavy atom. The van der Waals surface area contributed by atoms with Crippen molar-refractivity contribution in [3.05, 3.63) is 102 Å². The predicted molar refractivity (Wildman–Crippen MR) is 129 cm³/mol. The summed E-state index contributed by atoms with van der Waals surface area (Å²) in [5.74, 6) is -0.256. The van der Waals surface area contributed by atoms with Gasteiger partial charge in [-0.25, -0.2) is 4.39 Å². The van der Waals surface area contributed by atoms with Gasteiger partial charge in [-0.3, -0.25) is 4.90 Å². The molecule has 5 N–H and O–H groups in total. The van der Waals surface area contributed by atoms with Gasteiger partial charge in [-0.05, 0) is 47.0 Å². The molecule has 0 aliphatic carbocycles. The number of anilines is 2. The van der Waals surface area contributed by atoms with E-state index in [0.717, 1.165) is 39.0 Å². The van der Waals surface area contributed by atoms with E-state index in [4.69, 9.17) is 5.73 Å². The highest BCUT2D eigenvalue weighted by atomic mass is 19.1. The number of nitrogens with zero attached hydrogens (tertiary/aromatic N) is 1. The largest absolute Gasteiger partial charge is 0.397 e. The molecule has 0 fully saturated rings. The lowest BCUT2D eigenvalue weighted by Crippen LogP contribution is -2.26. The zero-order chi connectivity index (χ0) is 22.5. The number of benzene rings is 3. The number of nitrogens with two attached hydrogens (primary N) is 1. The van der Waals surface area contributed by atoms with Gasteiger partial charge in [0.1, 0.15) is 5.82 Å². The SMILES string of the molecule is C=C(Nc1ccccc1N)c1ccc(CN(CCO)Cc2c[nH]c3ccc(F)cc23)cc1. The van der Waals surface area contributed by atoms with E-state index in [9.17, 15) is 9.50 Å². The topological polar surface area (TPSA) is 77.3 Å². The van der Waals surface area contributed by atoms with Gasteiger partial charge in [-0.2, -0.15) is 0 Å². The number of aromatic nitrogens is 1. The highest BCUT2D eigenvalue weighted by Crippen LogP contribution is 2.24. The first kappa shape index (κ1) is 21.6. The maximum atomic E-state index is 13.7. The molecule has 0 aliphatic heterocycles. The number of halogens is 1. The Labute approximate surface area is 187 Å². The van der Waals surface area contributed by atoms with E-state index in [0.29, 0.717) is 25.3 Å². The molecule has 0 atom stereocenters. The summed E-state index contributed by atoms with van der Waals surface area (Å²) in [5, 5.41) is 13.7. The van der Waals surface area contributed by atoms with Crippen LogP contribution >= 0.6 is 0 Å². The summed E-state index contributed by atoms with van der Waals surface area (Å²) < 4.78 is 13.7. The number of aliphatic hydroxyl groups is 1. The molecule has 0 radical (unpaired) electrons. The van der Waals surface area contributed by atoms with Gasteiger partial charge in [-0.15, -0.1) is 0 Å². The van der Waals surface area contributed by atoms with Crippen molar-refractivity contribution in [2.24, 2.45) is 0 Å². The molecule has 3 aromatic carbocycles. The number of rotatable bonds is 9. The van der Waals surface area contributed by atoms with Gasteiger partial charge in [0.25, 0.3) is 0 Å². The summed E-state index contributed by atoms with van der Waals surface area (Å²) in [5.41, 5.74) is 12.2. The smallest absolute Gasteiger partial charge is 0.123 e. The van der Waals surface area contributed by atoms with Crippen LogP contribution in [0.4, 0.5) is 15.8 Å². The maximum absolute atomic E-state index is 13.7. The molecule has 1 aromatic heterocycles. The van der Waals surface area contributed by atoms with Gasteiger partial charge < -0.3 is 21.1 Å². The molecule has 0 amide bonds. The molecular formula is C26H27FN4O. The van der Waals surface area contributed by atoms with Crippen LogP contribution in [-0.4, -0.2) is 28.1 Å². The van der Waals surface area contributed by atoms with Crippen molar-refractivity contribution in [2.75, 3.05) is 24.2 Å². The number of fused-ring (bicyclic) bond motifs is 1. The number of hydrogen-bond acceptors (Lipinski definition) is 4. The maximum Gasteiger partial charge on any atom is 0.123 e. The molecule has 1 heterocycles. The third-order valence-corrected chi connectivity index (χ3v) is 5.49. The van der Waals surface area contributed by atoms with Crippen LogP contribution in [0.1, 0.15) is 16.7 Å². The van der Waals surface area contributed by atoms with Crippen LogP contribution in [0.5, 0.6) is 0 Å². The fourth-order valence-electron chi connectivity index (χ4n) is 3.79. The van der Waals surface area contributed by atoms with Crippen molar-refractivity contribution >= 4 is 28.0 Å². The fourth-order valence-corrected chi connectivity index (χ4v) is 3.79. The van der Waals surface area contributed by atoms with Gasteiger partial charge in [0.15, 0.2) is 0 Å². The normalized spacial score (nSPS) is 11.2. The minimum atomic E-state index is -0.256. The van der Waals surface area contributed by atoms with E-state index >= 15 is 0 Å². The highest BCUT2D eigenvalue weighted by molar-refractivity contribution is 5.83. The minimum absolute atomic E-state index is 0.0496. The molecule has 4 aromatic rings. The van der Waals surface area contributed by atoms with Crippen LogP contribution < -0.4 is 11.1 Å². The second kappa shape index (κ2) is 9.68. The number of aliphatic hydroxyl groups excluding tert-OH is 1. The molecule has 0 spiro atoms. The van der Waals surface area contributed by atoms with E-state index in [1.165, 1.54) is 6.07 Å². The fraction of sp³-hybridized carbons (Fsp3) is 0.154. The second-order valence-corrected chi connectivity index (χ2v) is 7.83. The first-order chi connectivity index (χ1) is 15.5. The third-order valence-electron chi connectivity index (χ3n) is 5.49. The van der Waals surface area contributed by atoms with Gasteiger partial charge in [0.05, 0.1) is 18.0 Å². The molecule has 0 unspecified atom stereocenters. The molecular weight excluding hydrogens is 403 g/mol. The van der Waals surface area contributed by atoms with E-state index in [-0.39, 0.29) is 12.4 Å². The van der Waals surface area contributed by atoms with Crippen molar-refractivity contribution in [3.8, 4) is 0 Å². The summed E-state index contributed by atoms with van der Waals surface area (Å²) in [6.45, 7) is 5.96.